The van der Waals surface area contributed by atoms with Gasteiger partial charge in [0.2, 0.25) is 0 Å². The molecule has 206 valence electrons. The van der Waals surface area contributed by atoms with Crippen molar-refractivity contribution in [3.63, 3.8) is 0 Å². The van der Waals surface area contributed by atoms with Gasteiger partial charge in [0.05, 0.1) is 24.4 Å². The predicted octanol–water partition coefficient (Wildman–Crippen LogP) is 4.94. The summed E-state index contributed by atoms with van der Waals surface area (Å²) in [6, 6.07) is 8.18. The van der Waals surface area contributed by atoms with Crippen LogP contribution in [0.4, 0.5) is 13.2 Å². The average Bonchev–Trinajstić information content (AvgIpc) is 3.49. The maximum Gasteiger partial charge on any atom is 0.416 e. The number of benzene rings is 2. The Morgan fingerprint density at radius 3 is 2.27 bits per heavy atom. The van der Waals surface area contributed by atoms with Gasteiger partial charge < -0.3 is 24.5 Å². The second kappa shape index (κ2) is 14.4. The van der Waals surface area contributed by atoms with Gasteiger partial charge >= 0.3 is 6.18 Å². The number of carbonyl (C=O) groups is 1. The highest BCUT2D eigenvalue weighted by Gasteiger charge is 2.36. The van der Waals surface area contributed by atoms with E-state index in [1.165, 1.54) is 18.6 Å². The normalized spacial score (nSPS) is 20.0. The van der Waals surface area contributed by atoms with Crippen LogP contribution in [0.2, 0.25) is 0 Å². The van der Waals surface area contributed by atoms with E-state index in [1.54, 1.807) is 18.2 Å². The minimum atomic E-state index is -4.28. The van der Waals surface area contributed by atoms with E-state index in [0.29, 0.717) is 25.2 Å². The molecule has 2 unspecified atom stereocenters. The summed E-state index contributed by atoms with van der Waals surface area (Å²) < 4.78 is 51.0. The first-order valence-electron chi connectivity index (χ1n) is 12.5. The van der Waals surface area contributed by atoms with Crippen LogP contribution in [-0.4, -0.2) is 60.4 Å². The Morgan fingerprint density at radius 1 is 1.03 bits per heavy atom. The number of aliphatic hydroxyl groups excluding tert-OH is 1. The van der Waals surface area contributed by atoms with Gasteiger partial charge in [0.15, 0.2) is 0 Å². The summed E-state index contributed by atoms with van der Waals surface area (Å²) in [6.45, 7) is 7.89. The number of aliphatic hydroxyl groups is 1. The summed E-state index contributed by atoms with van der Waals surface area (Å²) in [5.41, 5.74) is 3.25. The molecule has 0 saturated carbocycles. The van der Waals surface area contributed by atoms with Crippen molar-refractivity contribution in [3.05, 3.63) is 58.1 Å². The summed E-state index contributed by atoms with van der Waals surface area (Å²) in [6.07, 6.45) is 0.191. The molecule has 1 saturated heterocycles. The Kier molecular flexibility index (Phi) is 11.9. The zero-order valence-corrected chi connectivity index (χ0v) is 22.0. The van der Waals surface area contributed by atoms with Crippen LogP contribution < -0.4 is 4.74 Å². The SMILES string of the molecule is CC1CN(Cc2c(C(F)(F)F)ccc3c2CCC3)CC(C)O1.CC=O.CO.Oc1ccc2c(c1)OCC2. The van der Waals surface area contributed by atoms with Crippen LogP contribution in [0.3, 0.4) is 0 Å². The minimum absolute atomic E-state index is 0.0647. The molecule has 0 bridgehead atoms. The first kappa shape index (κ1) is 30.6. The molecule has 5 rings (SSSR count). The van der Waals surface area contributed by atoms with Crippen molar-refractivity contribution in [3.8, 4) is 11.5 Å². The third kappa shape index (κ3) is 8.72. The first-order valence-corrected chi connectivity index (χ1v) is 12.5. The Hall–Kier alpha value is -2.62. The van der Waals surface area contributed by atoms with Crippen molar-refractivity contribution in [2.24, 2.45) is 0 Å². The van der Waals surface area contributed by atoms with Gasteiger partial charge in [0, 0.05) is 39.2 Å². The number of nitrogens with zero attached hydrogens (tertiary/aromatic N) is 1. The van der Waals surface area contributed by atoms with Crippen LogP contribution in [0.1, 0.15) is 55.0 Å². The Morgan fingerprint density at radius 2 is 1.65 bits per heavy atom. The second-order valence-electron chi connectivity index (χ2n) is 9.16. The van der Waals surface area contributed by atoms with Crippen molar-refractivity contribution < 1.29 is 37.7 Å². The molecule has 3 aliphatic rings. The zero-order valence-electron chi connectivity index (χ0n) is 22.0. The molecule has 6 nitrogen and oxygen atoms in total. The summed E-state index contributed by atoms with van der Waals surface area (Å²) in [4.78, 5) is 10.9. The predicted molar refractivity (Wildman–Crippen MR) is 136 cm³/mol. The number of morpholine rings is 1. The van der Waals surface area contributed by atoms with Gasteiger partial charge in [-0.1, -0.05) is 12.1 Å². The lowest BCUT2D eigenvalue weighted by atomic mass is 9.96. The molecule has 2 heterocycles. The number of phenols is 1. The molecule has 0 spiro atoms. The maximum atomic E-state index is 13.4. The van der Waals surface area contributed by atoms with Crippen molar-refractivity contribution >= 4 is 6.29 Å². The minimum Gasteiger partial charge on any atom is -0.508 e. The van der Waals surface area contributed by atoms with Crippen molar-refractivity contribution in [1.29, 1.82) is 0 Å². The van der Waals surface area contributed by atoms with E-state index in [4.69, 9.17) is 24.5 Å². The van der Waals surface area contributed by atoms with Gasteiger partial charge in [-0.3, -0.25) is 4.90 Å². The van der Waals surface area contributed by atoms with E-state index in [-0.39, 0.29) is 18.0 Å². The topological polar surface area (TPSA) is 79.2 Å². The first-order chi connectivity index (χ1) is 17.6. The van der Waals surface area contributed by atoms with Gasteiger partial charge in [-0.05, 0) is 74.4 Å². The number of hydrogen-bond donors (Lipinski definition) is 2. The highest BCUT2D eigenvalue weighted by Crippen LogP contribution is 2.38. The number of aldehydes is 1. The summed E-state index contributed by atoms with van der Waals surface area (Å²) >= 11 is 0. The number of carbonyl (C=O) groups excluding carboxylic acids is 1. The van der Waals surface area contributed by atoms with E-state index in [9.17, 15) is 13.2 Å². The summed E-state index contributed by atoms with van der Waals surface area (Å²) in [5, 5.41) is 16.0. The Bertz CT molecular complexity index is 1000. The van der Waals surface area contributed by atoms with E-state index < -0.39 is 11.7 Å². The molecule has 9 heteroatoms. The number of aromatic hydroxyl groups is 1. The molecule has 37 heavy (non-hydrogen) atoms. The number of rotatable bonds is 2. The van der Waals surface area contributed by atoms with Crippen LogP contribution in [0.15, 0.2) is 30.3 Å². The van der Waals surface area contributed by atoms with Crippen LogP contribution in [0.5, 0.6) is 11.5 Å². The fourth-order valence-electron chi connectivity index (χ4n) is 4.98. The summed E-state index contributed by atoms with van der Waals surface area (Å²) in [5.74, 6) is 1.11. The molecule has 2 aromatic rings. The Labute approximate surface area is 217 Å². The van der Waals surface area contributed by atoms with Gasteiger partial charge in [0.25, 0.3) is 0 Å². The highest BCUT2D eigenvalue weighted by atomic mass is 19.4. The van der Waals surface area contributed by atoms with Crippen molar-refractivity contribution in [2.75, 3.05) is 26.8 Å². The maximum absolute atomic E-state index is 13.4. The van der Waals surface area contributed by atoms with Gasteiger partial charge in [-0.15, -0.1) is 0 Å². The molecule has 1 aliphatic carbocycles. The van der Waals surface area contributed by atoms with Crippen molar-refractivity contribution in [1.82, 2.24) is 4.90 Å². The largest absolute Gasteiger partial charge is 0.508 e. The molecule has 2 aromatic carbocycles. The number of fused-ring (bicyclic) bond motifs is 2. The second-order valence-corrected chi connectivity index (χ2v) is 9.16. The van der Waals surface area contributed by atoms with Gasteiger partial charge in [-0.25, -0.2) is 0 Å². The molecule has 0 aromatic heterocycles. The van der Waals surface area contributed by atoms with Crippen LogP contribution in [0.25, 0.3) is 0 Å². The van der Waals surface area contributed by atoms with E-state index >= 15 is 0 Å². The molecular weight excluding hydrogens is 487 g/mol. The average molecular weight is 526 g/mol. The van der Waals surface area contributed by atoms with Gasteiger partial charge in [0.1, 0.15) is 17.8 Å². The standard InChI is InChI=1S/C17H22F3NO.C8H8O2.C2H4O.CH4O/c1-11-8-21(9-12(2)22-11)10-15-14-5-3-4-13(14)6-7-16(15)17(18,19)20;9-7-2-1-6-3-4-10-8(6)5-7;1-2-3;1-2/h6-7,11-12H,3-5,8-10H2,1-2H3;1-2,5,9H,3-4H2;2H,1H3;2H,1H3. The van der Waals surface area contributed by atoms with E-state index in [1.807, 2.05) is 19.9 Å². The Balaban J connectivity index is 0.000000265. The quantitative estimate of drug-likeness (QED) is 0.541. The summed E-state index contributed by atoms with van der Waals surface area (Å²) in [7, 11) is 1.00. The third-order valence-corrected chi connectivity index (χ3v) is 6.26. The fraction of sp³-hybridized carbons (Fsp3) is 0.536. The number of phenolic OH excluding ortho intramolecular Hbond substituents is 1. The third-order valence-electron chi connectivity index (χ3n) is 6.26. The van der Waals surface area contributed by atoms with Crippen LogP contribution in [-0.2, 0) is 41.5 Å². The van der Waals surface area contributed by atoms with Crippen LogP contribution in [0, 0.1) is 0 Å². The van der Waals surface area contributed by atoms with Gasteiger partial charge in [-0.2, -0.15) is 13.2 Å². The zero-order chi connectivity index (χ0) is 27.6. The van der Waals surface area contributed by atoms with E-state index in [2.05, 4.69) is 4.90 Å². The van der Waals surface area contributed by atoms with E-state index in [0.717, 1.165) is 62.6 Å². The number of ether oxygens (including phenoxy) is 2. The molecule has 1 fully saturated rings. The monoisotopic (exact) mass is 525 g/mol. The molecule has 0 radical (unpaired) electrons. The molecule has 2 aliphatic heterocycles. The lowest BCUT2D eigenvalue weighted by molar-refractivity contribution is -0.138. The molecular formula is C28H38F3NO5. The number of aryl methyl sites for hydroxylation is 1. The lowest BCUT2D eigenvalue weighted by Crippen LogP contribution is -2.45. The molecule has 0 amide bonds. The fourth-order valence-corrected chi connectivity index (χ4v) is 4.98. The molecule has 2 atom stereocenters. The smallest absolute Gasteiger partial charge is 0.416 e. The number of alkyl halides is 3. The van der Waals surface area contributed by atoms with Crippen LogP contribution >= 0.6 is 0 Å². The lowest BCUT2D eigenvalue weighted by Gasteiger charge is -2.36. The number of hydrogen-bond acceptors (Lipinski definition) is 6. The highest BCUT2D eigenvalue weighted by molar-refractivity contribution is 5.45. The van der Waals surface area contributed by atoms with Crippen molar-refractivity contribution in [2.45, 2.75) is 71.4 Å². The number of halogens is 3. The molecule has 2 N–H and O–H groups in total.